The SMILES string of the molecule is Cc1c(CC(C)C)sc(S(N)(=O)=O)c1-c1ccc(Cn2ccnc2C(F)(F)F)cc1. The highest BCUT2D eigenvalue weighted by atomic mass is 32.2. The summed E-state index contributed by atoms with van der Waals surface area (Å²) in [6, 6.07) is 6.79. The van der Waals surface area contributed by atoms with E-state index in [2.05, 4.69) is 18.8 Å². The number of benzene rings is 1. The van der Waals surface area contributed by atoms with Crippen LogP contribution < -0.4 is 5.14 Å². The van der Waals surface area contributed by atoms with Crippen molar-refractivity contribution in [1.29, 1.82) is 0 Å². The third kappa shape index (κ3) is 4.76. The van der Waals surface area contributed by atoms with Crippen LogP contribution in [0.4, 0.5) is 13.2 Å². The minimum atomic E-state index is -4.53. The molecule has 0 bridgehead atoms. The number of halogens is 3. The summed E-state index contributed by atoms with van der Waals surface area (Å²) < 4.78 is 64.5. The number of thiophene rings is 1. The molecule has 0 spiro atoms. The number of hydrogen-bond donors (Lipinski definition) is 1. The second kappa shape index (κ2) is 8.16. The lowest BCUT2D eigenvalue weighted by Gasteiger charge is -2.11. The van der Waals surface area contributed by atoms with Crippen molar-refractivity contribution in [2.45, 2.75) is 44.1 Å². The van der Waals surface area contributed by atoms with Crippen LogP contribution in [-0.4, -0.2) is 18.0 Å². The fourth-order valence-electron chi connectivity index (χ4n) is 3.30. The normalized spacial score (nSPS) is 12.7. The van der Waals surface area contributed by atoms with Crippen LogP contribution in [0.3, 0.4) is 0 Å². The van der Waals surface area contributed by atoms with Gasteiger partial charge in [-0.05, 0) is 36.0 Å². The third-order valence-electron chi connectivity index (χ3n) is 4.63. The minimum Gasteiger partial charge on any atom is -0.323 e. The van der Waals surface area contributed by atoms with Crippen LogP contribution in [0.2, 0.25) is 0 Å². The van der Waals surface area contributed by atoms with E-state index in [1.807, 2.05) is 6.92 Å². The van der Waals surface area contributed by atoms with Gasteiger partial charge in [-0.25, -0.2) is 18.5 Å². The number of sulfonamides is 1. The molecule has 0 atom stereocenters. The molecule has 0 aliphatic heterocycles. The van der Waals surface area contributed by atoms with Gasteiger partial charge in [0.15, 0.2) is 0 Å². The molecular formula is C20H22F3N3O2S2. The molecule has 2 heterocycles. The van der Waals surface area contributed by atoms with Crippen molar-refractivity contribution in [1.82, 2.24) is 9.55 Å². The van der Waals surface area contributed by atoms with Crippen molar-refractivity contribution in [3.05, 3.63) is 58.5 Å². The van der Waals surface area contributed by atoms with Crippen LogP contribution in [0, 0.1) is 12.8 Å². The zero-order valence-corrected chi connectivity index (χ0v) is 18.3. The van der Waals surface area contributed by atoms with E-state index in [9.17, 15) is 21.6 Å². The zero-order valence-electron chi connectivity index (χ0n) is 16.7. The van der Waals surface area contributed by atoms with E-state index in [1.165, 1.54) is 17.5 Å². The van der Waals surface area contributed by atoms with Gasteiger partial charge in [-0.15, -0.1) is 11.3 Å². The van der Waals surface area contributed by atoms with Crippen molar-refractivity contribution in [3.63, 3.8) is 0 Å². The van der Waals surface area contributed by atoms with E-state index in [4.69, 9.17) is 5.14 Å². The van der Waals surface area contributed by atoms with Gasteiger partial charge < -0.3 is 4.57 Å². The van der Waals surface area contributed by atoms with Crippen LogP contribution in [0.25, 0.3) is 11.1 Å². The van der Waals surface area contributed by atoms with Crippen LogP contribution in [0.5, 0.6) is 0 Å². The molecule has 0 unspecified atom stereocenters. The smallest absolute Gasteiger partial charge is 0.323 e. The molecule has 0 aliphatic rings. The number of rotatable bonds is 6. The predicted octanol–water partition coefficient (Wildman–Crippen LogP) is 4.83. The van der Waals surface area contributed by atoms with Crippen LogP contribution in [-0.2, 0) is 29.2 Å². The van der Waals surface area contributed by atoms with Crippen molar-refractivity contribution in [3.8, 4) is 11.1 Å². The molecule has 2 aromatic heterocycles. The summed E-state index contributed by atoms with van der Waals surface area (Å²) in [5.41, 5.74) is 2.71. The van der Waals surface area contributed by atoms with Gasteiger partial charge in [0, 0.05) is 29.4 Å². The number of nitrogens with two attached hydrogens (primary N) is 1. The van der Waals surface area contributed by atoms with Crippen molar-refractivity contribution in [2.75, 3.05) is 0 Å². The molecule has 0 saturated carbocycles. The van der Waals surface area contributed by atoms with Crippen LogP contribution in [0.1, 0.15) is 35.7 Å². The number of nitrogens with zero attached hydrogens (tertiary/aromatic N) is 2. The number of aromatic nitrogens is 2. The largest absolute Gasteiger partial charge is 0.449 e. The van der Waals surface area contributed by atoms with Gasteiger partial charge in [-0.1, -0.05) is 38.1 Å². The first-order valence-electron chi connectivity index (χ1n) is 9.20. The van der Waals surface area contributed by atoms with Gasteiger partial charge in [-0.3, -0.25) is 0 Å². The summed E-state index contributed by atoms with van der Waals surface area (Å²) in [5.74, 6) is -0.612. The van der Waals surface area contributed by atoms with E-state index >= 15 is 0 Å². The average molecular weight is 458 g/mol. The first kappa shape index (κ1) is 22.5. The summed E-state index contributed by atoms with van der Waals surface area (Å²) >= 11 is 1.18. The summed E-state index contributed by atoms with van der Waals surface area (Å²) in [4.78, 5) is 4.34. The molecule has 0 aliphatic carbocycles. The Kier molecular flexibility index (Phi) is 6.13. The first-order chi connectivity index (χ1) is 13.9. The Morgan fingerprint density at radius 1 is 1.20 bits per heavy atom. The third-order valence-corrected chi connectivity index (χ3v) is 7.41. The van der Waals surface area contributed by atoms with Gasteiger partial charge in [0.1, 0.15) is 4.21 Å². The highest BCUT2D eigenvalue weighted by molar-refractivity contribution is 7.91. The number of imidazole rings is 1. The fraction of sp³-hybridized carbons (Fsp3) is 0.350. The molecule has 162 valence electrons. The molecule has 5 nitrogen and oxygen atoms in total. The van der Waals surface area contributed by atoms with E-state index in [0.29, 0.717) is 22.6 Å². The summed E-state index contributed by atoms with van der Waals surface area (Å²) in [6.45, 7) is 5.97. The van der Waals surface area contributed by atoms with Crippen molar-refractivity contribution in [2.24, 2.45) is 11.1 Å². The maximum Gasteiger partial charge on any atom is 0.449 e. The lowest BCUT2D eigenvalue weighted by Crippen LogP contribution is -2.15. The summed E-state index contributed by atoms with van der Waals surface area (Å²) in [5, 5.41) is 5.45. The van der Waals surface area contributed by atoms with E-state index in [0.717, 1.165) is 27.6 Å². The Labute approximate surface area is 177 Å². The van der Waals surface area contributed by atoms with Gasteiger partial charge >= 0.3 is 6.18 Å². The molecule has 2 N–H and O–H groups in total. The first-order valence-corrected chi connectivity index (χ1v) is 11.6. The molecule has 1 aromatic carbocycles. The second-order valence-electron chi connectivity index (χ2n) is 7.53. The molecule has 30 heavy (non-hydrogen) atoms. The van der Waals surface area contributed by atoms with Gasteiger partial charge in [0.2, 0.25) is 15.8 Å². The summed E-state index contributed by atoms with van der Waals surface area (Å²) in [6.07, 6.45) is -1.41. The predicted molar refractivity (Wildman–Crippen MR) is 111 cm³/mol. The number of primary sulfonamides is 1. The van der Waals surface area contributed by atoms with E-state index in [1.54, 1.807) is 24.3 Å². The van der Waals surface area contributed by atoms with Gasteiger partial charge in [0.05, 0.1) is 0 Å². The van der Waals surface area contributed by atoms with Crippen LogP contribution in [0.15, 0.2) is 40.9 Å². The fourth-order valence-corrected chi connectivity index (χ4v) is 5.89. The van der Waals surface area contributed by atoms with E-state index < -0.39 is 22.0 Å². The summed E-state index contributed by atoms with van der Waals surface area (Å²) in [7, 11) is -3.91. The molecular weight excluding hydrogens is 435 g/mol. The lowest BCUT2D eigenvalue weighted by molar-refractivity contribution is -0.147. The van der Waals surface area contributed by atoms with Crippen molar-refractivity contribution >= 4 is 21.4 Å². The maximum absolute atomic E-state index is 13.0. The van der Waals surface area contributed by atoms with Gasteiger partial charge in [0.25, 0.3) is 0 Å². The zero-order chi connectivity index (χ0) is 22.3. The Morgan fingerprint density at radius 3 is 2.37 bits per heavy atom. The molecule has 3 rings (SSSR count). The minimum absolute atomic E-state index is 0.00160. The van der Waals surface area contributed by atoms with E-state index in [-0.39, 0.29) is 10.8 Å². The molecule has 0 radical (unpaired) electrons. The standard InChI is InChI=1S/C20H22F3N3O2S2/c1-12(2)10-16-13(3)17(18(29-16)30(24,27)28)15-6-4-14(5-7-15)11-26-9-8-25-19(26)20(21,22)23/h4-9,12H,10-11H2,1-3H3,(H2,24,27,28). The molecule has 0 saturated heterocycles. The maximum atomic E-state index is 13.0. The highest BCUT2D eigenvalue weighted by Gasteiger charge is 2.36. The van der Waals surface area contributed by atoms with Gasteiger partial charge in [-0.2, -0.15) is 13.2 Å². The molecule has 10 heteroatoms. The van der Waals surface area contributed by atoms with Crippen molar-refractivity contribution < 1.29 is 21.6 Å². The Bertz CT molecular complexity index is 1150. The highest BCUT2D eigenvalue weighted by Crippen LogP contribution is 2.40. The monoisotopic (exact) mass is 457 g/mol. The second-order valence-corrected chi connectivity index (χ2v) is 10.4. The average Bonchev–Trinajstić information content (AvgIpc) is 3.20. The molecule has 0 fully saturated rings. The molecule has 0 amide bonds. The lowest BCUT2D eigenvalue weighted by atomic mass is 9.99. The Hall–Kier alpha value is -2.17. The quantitative estimate of drug-likeness (QED) is 0.576. The Balaban J connectivity index is 1.97. The Morgan fingerprint density at radius 2 is 1.83 bits per heavy atom. The number of hydrogen-bond acceptors (Lipinski definition) is 4. The number of alkyl halides is 3. The van der Waals surface area contributed by atoms with Crippen LogP contribution >= 0.6 is 11.3 Å². The molecule has 3 aromatic rings. The topological polar surface area (TPSA) is 78.0 Å².